The molecule has 17 heavy (non-hydrogen) atoms. The first-order chi connectivity index (χ1) is 8.09. The first-order valence-corrected chi connectivity index (χ1v) is 6.23. The standard InChI is InChI=1S/C13H15ClFNO/c1-8-11(15)7-6-10(12(8)14)13(17)16-9-4-2-3-5-9/h6-7,9H,2-5H2,1H3,(H,16,17). The molecule has 0 unspecified atom stereocenters. The number of hydrogen-bond acceptors (Lipinski definition) is 1. The van der Waals surface area contributed by atoms with Crippen LogP contribution in [0.4, 0.5) is 4.39 Å². The zero-order valence-corrected chi connectivity index (χ0v) is 10.5. The lowest BCUT2D eigenvalue weighted by atomic mass is 10.1. The normalized spacial score (nSPS) is 16.2. The summed E-state index contributed by atoms with van der Waals surface area (Å²) in [5.41, 5.74) is 0.684. The van der Waals surface area contributed by atoms with Crippen LogP contribution in [-0.2, 0) is 0 Å². The fourth-order valence-electron chi connectivity index (χ4n) is 2.17. The van der Waals surface area contributed by atoms with Crippen LogP contribution in [0, 0.1) is 12.7 Å². The average Bonchev–Trinajstić information content (AvgIpc) is 2.78. The third kappa shape index (κ3) is 2.60. The van der Waals surface area contributed by atoms with Crippen molar-refractivity contribution in [1.82, 2.24) is 5.32 Å². The van der Waals surface area contributed by atoms with E-state index in [1.807, 2.05) is 0 Å². The molecular formula is C13H15ClFNO. The van der Waals surface area contributed by atoms with Crippen LogP contribution in [0.5, 0.6) is 0 Å². The molecule has 1 aliphatic rings. The third-order valence-electron chi connectivity index (χ3n) is 3.26. The lowest BCUT2D eigenvalue weighted by Gasteiger charge is -2.13. The fourth-order valence-corrected chi connectivity index (χ4v) is 2.41. The highest BCUT2D eigenvalue weighted by Gasteiger charge is 2.20. The summed E-state index contributed by atoms with van der Waals surface area (Å²) in [6, 6.07) is 2.96. The SMILES string of the molecule is Cc1c(F)ccc(C(=O)NC2CCCC2)c1Cl. The molecule has 4 heteroatoms. The van der Waals surface area contributed by atoms with E-state index >= 15 is 0 Å². The molecule has 0 aliphatic heterocycles. The van der Waals surface area contributed by atoms with E-state index in [-0.39, 0.29) is 22.8 Å². The van der Waals surface area contributed by atoms with Crippen molar-refractivity contribution in [2.75, 3.05) is 0 Å². The van der Waals surface area contributed by atoms with E-state index in [4.69, 9.17) is 11.6 Å². The molecule has 1 saturated carbocycles. The van der Waals surface area contributed by atoms with Gasteiger partial charge in [-0.15, -0.1) is 0 Å². The summed E-state index contributed by atoms with van der Waals surface area (Å²) in [4.78, 5) is 12.0. The van der Waals surface area contributed by atoms with Crippen LogP contribution < -0.4 is 5.32 Å². The largest absolute Gasteiger partial charge is 0.349 e. The monoisotopic (exact) mass is 255 g/mol. The van der Waals surface area contributed by atoms with E-state index in [1.165, 1.54) is 12.1 Å². The number of halogens is 2. The fraction of sp³-hybridized carbons (Fsp3) is 0.462. The van der Waals surface area contributed by atoms with Gasteiger partial charge in [0.25, 0.3) is 5.91 Å². The molecule has 0 radical (unpaired) electrons. The maximum absolute atomic E-state index is 13.2. The summed E-state index contributed by atoms with van der Waals surface area (Å²) in [6.45, 7) is 1.57. The highest BCUT2D eigenvalue weighted by molar-refractivity contribution is 6.34. The van der Waals surface area contributed by atoms with Gasteiger partial charge in [-0.05, 0) is 31.9 Å². The van der Waals surface area contributed by atoms with Gasteiger partial charge in [0.15, 0.2) is 0 Å². The van der Waals surface area contributed by atoms with Gasteiger partial charge in [0.1, 0.15) is 5.82 Å². The van der Waals surface area contributed by atoms with Gasteiger partial charge in [-0.1, -0.05) is 24.4 Å². The summed E-state index contributed by atoms with van der Waals surface area (Å²) >= 11 is 5.98. The van der Waals surface area contributed by atoms with Gasteiger partial charge < -0.3 is 5.32 Å². The quantitative estimate of drug-likeness (QED) is 0.862. The number of carbonyl (C=O) groups is 1. The predicted octanol–water partition coefficient (Wildman–Crippen LogP) is 3.46. The molecule has 1 aliphatic carbocycles. The highest BCUT2D eigenvalue weighted by Crippen LogP contribution is 2.24. The Morgan fingerprint density at radius 3 is 2.71 bits per heavy atom. The Hall–Kier alpha value is -1.09. The van der Waals surface area contributed by atoms with Crippen molar-refractivity contribution < 1.29 is 9.18 Å². The topological polar surface area (TPSA) is 29.1 Å². The van der Waals surface area contributed by atoms with Crippen LogP contribution in [-0.4, -0.2) is 11.9 Å². The van der Waals surface area contributed by atoms with Crippen LogP contribution >= 0.6 is 11.6 Å². The van der Waals surface area contributed by atoms with Crippen LogP contribution in [0.1, 0.15) is 41.6 Å². The molecule has 1 N–H and O–H groups in total. The van der Waals surface area contributed by atoms with E-state index in [1.54, 1.807) is 6.92 Å². The molecule has 0 aromatic heterocycles. The Labute approximate surface area is 105 Å². The van der Waals surface area contributed by atoms with Crippen LogP contribution in [0.3, 0.4) is 0 Å². The minimum absolute atomic E-state index is 0.204. The molecule has 0 spiro atoms. The van der Waals surface area contributed by atoms with Gasteiger partial charge in [-0.2, -0.15) is 0 Å². The van der Waals surface area contributed by atoms with Crippen molar-refractivity contribution in [3.05, 3.63) is 34.1 Å². The summed E-state index contributed by atoms with van der Waals surface area (Å²) < 4.78 is 13.2. The maximum atomic E-state index is 13.2. The molecular weight excluding hydrogens is 241 g/mol. The third-order valence-corrected chi connectivity index (χ3v) is 3.74. The summed E-state index contributed by atoms with van der Waals surface area (Å²) in [6.07, 6.45) is 4.34. The minimum atomic E-state index is -0.382. The van der Waals surface area contributed by atoms with Crippen molar-refractivity contribution in [1.29, 1.82) is 0 Å². The first-order valence-electron chi connectivity index (χ1n) is 5.85. The summed E-state index contributed by atoms with van der Waals surface area (Å²) in [5, 5.41) is 3.15. The van der Waals surface area contributed by atoms with Gasteiger partial charge in [-0.3, -0.25) is 4.79 Å². The van der Waals surface area contributed by atoms with Crippen molar-refractivity contribution in [2.45, 2.75) is 38.6 Å². The van der Waals surface area contributed by atoms with E-state index < -0.39 is 0 Å². The van der Waals surface area contributed by atoms with Gasteiger partial charge >= 0.3 is 0 Å². The second-order valence-electron chi connectivity index (χ2n) is 4.49. The molecule has 2 nitrogen and oxygen atoms in total. The smallest absolute Gasteiger partial charge is 0.253 e. The molecule has 0 bridgehead atoms. The average molecular weight is 256 g/mol. The lowest BCUT2D eigenvalue weighted by Crippen LogP contribution is -2.32. The highest BCUT2D eigenvalue weighted by atomic mass is 35.5. The predicted molar refractivity (Wildman–Crippen MR) is 65.9 cm³/mol. The molecule has 0 atom stereocenters. The van der Waals surface area contributed by atoms with Crippen LogP contribution in [0.2, 0.25) is 5.02 Å². The zero-order chi connectivity index (χ0) is 12.4. The lowest BCUT2D eigenvalue weighted by molar-refractivity contribution is 0.0938. The number of hydrogen-bond donors (Lipinski definition) is 1. The molecule has 1 aromatic carbocycles. The van der Waals surface area contributed by atoms with E-state index in [9.17, 15) is 9.18 Å². The molecule has 1 amide bonds. The maximum Gasteiger partial charge on any atom is 0.253 e. The van der Waals surface area contributed by atoms with Crippen LogP contribution in [0.25, 0.3) is 0 Å². The van der Waals surface area contributed by atoms with Gasteiger partial charge in [-0.25, -0.2) is 4.39 Å². The second-order valence-corrected chi connectivity index (χ2v) is 4.87. The molecule has 0 heterocycles. The number of carbonyl (C=O) groups excluding carboxylic acids is 1. The van der Waals surface area contributed by atoms with Crippen molar-refractivity contribution in [3.8, 4) is 0 Å². The van der Waals surface area contributed by atoms with Gasteiger partial charge in [0, 0.05) is 11.6 Å². The molecule has 2 rings (SSSR count). The molecule has 0 saturated heterocycles. The number of rotatable bonds is 2. The van der Waals surface area contributed by atoms with E-state index in [0.29, 0.717) is 11.1 Å². The summed E-state index contributed by atoms with van der Waals surface area (Å²) in [7, 11) is 0. The number of nitrogens with one attached hydrogen (secondary N) is 1. The van der Waals surface area contributed by atoms with E-state index in [2.05, 4.69) is 5.32 Å². The Balaban J connectivity index is 2.16. The molecule has 1 aromatic rings. The van der Waals surface area contributed by atoms with Crippen molar-refractivity contribution >= 4 is 17.5 Å². The Morgan fingerprint density at radius 1 is 1.41 bits per heavy atom. The van der Waals surface area contributed by atoms with E-state index in [0.717, 1.165) is 25.7 Å². The van der Waals surface area contributed by atoms with Crippen molar-refractivity contribution in [2.24, 2.45) is 0 Å². The minimum Gasteiger partial charge on any atom is -0.349 e. The van der Waals surface area contributed by atoms with Gasteiger partial charge in [0.05, 0.1) is 10.6 Å². The Morgan fingerprint density at radius 2 is 2.06 bits per heavy atom. The number of benzene rings is 1. The van der Waals surface area contributed by atoms with Crippen LogP contribution in [0.15, 0.2) is 12.1 Å². The van der Waals surface area contributed by atoms with Crippen molar-refractivity contribution in [3.63, 3.8) is 0 Å². The summed E-state index contributed by atoms with van der Waals surface area (Å²) in [5.74, 6) is -0.586. The Bertz CT molecular complexity index is 441. The zero-order valence-electron chi connectivity index (χ0n) is 9.72. The second kappa shape index (κ2) is 5.05. The Kier molecular flexibility index (Phi) is 3.67. The number of amides is 1. The molecule has 1 fully saturated rings. The first kappa shape index (κ1) is 12.4. The molecule has 92 valence electrons. The van der Waals surface area contributed by atoms with Gasteiger partial charge in [0.2, 0.25) is 0 Å².